The molecule has 1 heterocycles. The third-order valence-corrected chi connectivity index (χ3v) is 2.89. The zero-order valence-corrected chi connectivity index (χ0v) is 12.3. The number of rotatable bonds is 4. The van der Waals surface area contributed by atoms with Gasteiger partial charge in [0.05, 0.1) is 25.5 Å². The quantitative estimate of drug-likeness (QED) is 0.737. The zero-order chi connectivity index (χ0) is 15.3. The number of carbonyl (C=O) groups is 3. The summed E-state index contributed by atoms with van der Waals surface area (Å²) in [5.74, 6) is -1.10. The van der Waals surface area contributed by atoms with Crippen LogP contribution in [-0.2, 0) is 19.1 Å². The molecule has 0 aliphatic carbocycles. The van der Waals surface area contributed by atoms with Gasteiger partial charge in [0.25, 0.3) is 0 Å². The van der Waals surface area contributed by atoms with E-state index in [-0.39, 0.29) is 12.3 Å². The normalized spacial score (nSPS) is 20.0. The molecule has 1 rings (SSSR count). The molecule has 0 radical (unpaired) electrons. The number of nitrogens with one attached hydrogen (secondary N) is 2. The van der Waals surface area contributed by atoms with Crippen molar-refractivity contribution in [2.75, 3.05) is 13.7 Å². The lowest BCUT2D eigenvalue weighted by molar-refractivity contribution is -0.141. The molecule has 0 aromatic rings. The maximum atomic E-state index is 11.8. The van der Waals surface area contributed by atoms with Crippen molar-refractivity contribution in [3.8, 4) is 0 Å². The molecule has 0 saturated carbocycles. The lowest BCUT2D eigenvalue weighted by Crippen LogP contribution is -2.46. The molecule has 2 N–H and O–H groups in total. The SMILES string of the molecule is COC(=O)CC(NC(=O)OC(C)(C)C)C1CCNC1=O. The first-order chi connectivity index (χ1) is 9.23. The highest BCUT2D eigenvalue weighted by Crippen LogP contribution is 2.18. The minimum atomic E-state index is -0.647. The average Bonchev–Trinajstić information content (AvgIpc) is 2.71. The molecular weight excluding hydrogens is 264 g/mol. The van der Waals surface area contributed by atoms with Crippen LogP contribution in [0.1, 0.15) is 33.6 Å². The molecule has 7 nitrogen and oxygen atoms in total. The average molecular weight is 286 g/mol. The molecule has 1 fully saturated rings. The highest BCUT2D eigenvalue weighted by Gasteiger charge is 2.35. The molecule has 1 saturated heterocycles. The zero-order valence-electron chi connectivity index (χ0n) is 12.3. The van der Waals surface area contributed by atoms with Gasteiger partial charge < -0.3 is 20.1 Å². The van der Waals surface area contributed by atoms with Crippen LogP contribution < -0.4 is 10.6 Å². The number of esters is 1. The third kappa shape index (κ3) is 5.07. The van der Waals surface area contributed by atoms with Gasteiger partial charge in [0.15, 0.2) is 0 Å². The first kappa shape index (κ1) is 16.3. The van der Waals surface area contributed by atoms with Gasteiger partial charge in [0, 0.05) is 6.54 Å². The molecule has 114 valence electrons. The fourth-order valence-corrected chi connectivity index (χ4v) is 2.01. The number of alkyl carbamates (subject to hydrolysis) is 1. The van der Waals surface area contributed by atoms with Crippen molar-refractivity contribution >= 4 is 18.0 Å². The van der Waals surface area contributed by atoms with E-state index in [1.807, 2.05) is 0 Å². The topological polar surface area (TPSA) is 93.7 Å². The van der Waals surface area contributed by atoms with Crippen LogP contribution in [0.25, 0.3) is 0 Å². The van der Waals surface area contributed by atoms with Crippen molar-refractivity contribution in [1.29, 1.82) is 0 Å². The van der Waals surface area contributed by atoms with Gasteiger partial charge in [-0.3, -0.25) is 9.59 Å². The molecule has 0 aromatic carbocycles. The molecule has 2 amide bonds. The van der Waals surface area contributed by atoms with Gasteiger partial charge in [-0.2, -0.15) is 0 Å². The second kappa shape index (κ2) is 6.58. The number of amides is 2. The van der Waals surface area contributed by atoms with Crippen molar-refractivity contribution in [3.05, 3.63) is 0 Å². The fourth-order valence-electron chi connectivity index (χ4n) is 2.01. The molecule has 7 heteroatoms. The lowest BCUT2D eigenvalue weighted by atomic mass is 9.95. The number of hydrogen-bond donors (Lipinski definition) is 2. The minimum absolute atomic E-state index is 0.0617. The van der Waals surface area contributed by atoms with Gasteiger partial charge in [-0.05, 0) is 27.2 Å². The molecule has 0 spiro atoms. The third-order valence-electron chi connectivity index (χ3n) is 2.89. The van der Waals surface area contributed by atoms with Crippen LogP contribution in [-0.4, -0.2) is 43.3 Å². The Labute approximate surface area is 118 Å². The molecule has 0 bridgehead atoms. The van der Waals surface area contributed by atoms with Gasteiger partial charge in [0.1, 0.15) is 5.60 Å². The summed E-state index contributed by atoms with van der Waals surface area (Å²) in [6, 6.07) is -0.625. The van der Waals surface area contributed by atoms with E-state index >= 15 is 0 Å². The maximum Gasteiger partial charge on any atom is 0.407 e. The minimum Gasteiger partial charge on any atom is -0.469 e. The monoisotopic (exact) mass is 286 g/mol. The van der Waals surface area contributed by atoms with Crippen LogP contribution in [0.15, 0.2) is 0 Å². The van der Waals surface area contributed by atoms with Crippen molar-refractivity contribution < 1.29 is 23.9 Å². The fraction of sp³-hybridized carbons (Fsp3) is 0.769. The van der Waals surface area contributed by atoms with Crippen molar-refractivity contribution in [3.63, 3.8) is 0 Å². The molecule has 2 atom stereocenters. The van der Waals surface area contributed by atoms with Crippen LogP contribution in [0.4, 0.5) is 4.79 Å². The number of hydrogen-bond acceptors (Lipinski definition) is 5. The molecule has 20 heavy (non-hydrogen) atoms. The van der Waals surface area contributed by atoms with E-state index in [0.29, 0.717) is 13.0 Å². The Balaban J connectivity index is 2.69. The molecule has 1 aliphatic rings. The molecule has 0 aromatic heterocycles. The van der Waals surface area contributed by atoms with Crippen LogP contribution in [0.2, 0.25) is 0 Å². The summed E-state index contributed by atoms with van der Waals surface area (Å²) in [7, 11) is 1.27. The van der Waals surface area contributed by atoms with Gasteiger partial charge >= 0.3 is 12.1 Å². The van der Waals surface area contributed by atoms with E-state index in [0.717, 1.165) is 0 Å². The predicted octanol–water partition coefficient (Wildman–Crippen LogP) is 0.579. The predicted molar refractivity (Wildman–Crippen MR) is 70.9 cm³/mol. The lowest BCUT2D eigenvalue weighted by Gasteiger charge is -2.25. The summed E-state index contributed by atoms with van der Waals surface area (Å²) in [5, 5.41) is 5.27. The standard InChI is InChI=1S/C13H22N2O5/c1-13(2,3)20-12(18)15-9(7-10(16)19-4)8-5-6-14-11(8)17/h8-9H,5-7H2,1-4H3,(H,14,17)(H,15,18). The highest BCUT2D eigenvalue weighted by atomic mass is 16.6. The Kier molecular flexibility index (Phi) is 5.35. The summed E-state index contributed by atoms with van der Waals surface area (Å²) in [4.78, 5) is 34.9. The van der Waals surface area contributed by atoms with E-state index < -0.39 is 29.6 Å². The second-order valence-electron chi connectivity index (χ2n) is 5.72. The molecule has 2 unspecified atom stereocenters. The first-order valence-corrected chi connectivity index (χ1v) is 6.57. The molecule has 1 aliphatic heterocycles. The van der Waals surface area contributed by atoms with Crippen LogP contribution in [0, 0.1) is 5.92 Å². The Hall–Kier alpha value is -1.79. The summed E-state index contributed by atoms with van der Waals surface area (Å²) in [6.45, 7) is 5.76. The summed E-state index contributed by atoms with van der Waals surface area (Å²) >= 11 is 0. The first-order valence-electron chi connectivity index (χ1n) is 6.57. The number of methoxy groups -OCH3 is 1. The Morgan fingerprint density at radius 2 is 2.10 bits per heavy atom. The van der Waals surface area contributed by atoms with Crippen LogP contribution in [0.3, 0.4) is 0 Å². The van der Waals surface area contributed by atoms with E-state index in [2.05, 4.69) is 15.4 Å². The van der Waals surface area contributed by atoms with E-state index in [9.17, 15) is 14.4 Å². The molecular formula is C13H22N2O5. The van der Waals surface area contributed by atoms with Gasteiger partial charge in [-0.25, -0.2) is 4.79 Å². The second-order valence-corrected chi connectivity index (χ2v) is 5.72. The maximum absolute atomic E-state index is 11.8. The summed E-state index contributed by atoms with van der Waals surface area (Å²) in [6.07, 6.45) is -0.143. The summed E-state index contributed by atoms with van der Waals surface area (Å²) in [5.41, 5.74) is -0.641. The van der Waals surface area contributed by atoms with E-state index in [1.165, 1.54) is 7.11 Å². The Bertz CT molecular complexity index is 389. The Morgan fingerprint density at radius 1 is 1.45 bits per heavy atom. The number of carbonyl (C=O) groups excluding carboxylic acids is 3. The van der Waals surface area contributed by atoms with Crippen molar-refractivity contribution in [2.24, 2.45) is 5.92 Å². The summed E-state index contributed by atoms with van der Waals surface area (Å²) < 4.78 is 9.74. The van der Waals surface area contributed by atoms with Crippen molar-refractivity contribution in [1.82, 2.24) is 10.6 Å². The van der Waals surface area contributed by atoms with Gasteiger partial charge in [0.2, 0.25) is 5.91 Å². The van der Waals surface area contributed by atoms with Gasteiger partial charge in [-0.1, -0.05) is 0 Å². The van der Waals surface area contributed by atoms with Crippen molar-refractivity contribution in [2.45, 2.75) is 45.3 Å². The highest BCUT2D eigenvalue weighted by molar-refractivity contribution is 5.83. The van der Waals surface area contributed by atoms with Gasteiger partial charge in [-0.15, -0.1) is 0 Å². The smallest absolute Gasteiger partial charge is 0.407 e. The van der Waals surface area contributed by atoms with E-state index in [4.69, 9.17) is 4.74 Å². The largest absolute Gasteiger partial charge is 0.469 e. The van der Waals surface area contributed by atoms with E-state index in [1.54, 1.807) is 20.8 Å². The Morgan fingerprint density at radius 3 is 2.55 bits per heavy atom. The van der Waals surface area contributed by atoms with Crippen LogP contribution in [0.5, 0.6) is 0 Å². The van der Waals surface area contributed by atoms with Crippen LogP contribution >= 0.6 is 0 Å². The number of ether oxygens (including phenoxy) is 2.